The summed E-state index contributed by atoms with van der Waals surface area (Å²) in [5, 5.41) is 0. The standard InChI is InChI=1S/C17H25NO3.ClH/c1-14-6-4-9-18(12-14)10-5-11-21-17-15(13-19)7-3-8-16(17)20-2;/h3,7-8,13-14H,4-6,9-12H2,1-2H3;1H. The largest absolute Gasteiger partial charge is 0.493 e. The molecule has 1 fully saturated rings. The fraction of sp³-hybridized carbons (Fsp3) is 0.588. The van der Waals surface area contributed by atoms with Crippen molar-refractivity contribution in [3.63, 3.8) is 0 Å². The van der Waals surface area contributed by atoms with Crippen molar-refractivity contribution in [3.8, 4) is 11.5 Å². The minimum atomic E-state index is 0. The van der Waals surface area contributed by atoms with Gasteiger partial charge in [0.2, 0.25) is 0 Å². The molecule has 1 aromatic rings. The first kappa shape index (κ1) is 18.8. The Balaban J connectivity index is 0.00000242. The van der Waals surface area contributed by atoms with Crippen LogP contribution in [0.1, 0.15) is 36.5 Å². The zero-order chi connectivity index (χ0) is 15.1. The topological polar surface area (TPSA) is 38.8 Å². The number of para-hydroxylation sites is 1. The SMILES string of the molecule is COc1cccc(C=O)c1OCCCN1CCCC(C)C1.Cl. The van der Waals surface area contributed by atoms with E-state index < -0.39 is 0 Å². The molecule has 0 aromatic heterocycles. The molecule has 1 aliphatic heterocycles. The number of rotatable bonds is 7. The summed E-state index contributed by atoms with van der Waals surface area (Å²) in [5.41, 5.74) is 0.543. The Labute approximate surface area is 139 Å². The van der Waals surface area contributed by atoms with Crippen LogP contribution in [0.2, 0.25) is 0 Å². The third kappa shape index (κ3) is 5.18. The third-order valence-electron chi connectivity index (χ3n) is 3.96. The molecule has 1 aromatic carbocycles. The molecular formula is C17H26ClNO3. The Kier molecular flexibility index (Phi) is 8.28. The molecule has 0 saturated carbocycles. The number of methoxy groups -OCH3 is 1. The van der Waals surface area contributed by atoms with Crippen LogP contribution in [-0.4, -0.2) is 44.5 Å². The highest BCUT2D eigenvalue weighted by Gasteiger charge is 2.16. The fourth-order valence-electron chi connectivity index (χ4n) is 2.89. The highest BCUT2D eigenvalue weighted by atomic mass is 35.5. The Morgan fingerprint density at radius 3 is 2.91 bits per heavy atom. The minimum absolute atomic E-state index is 0. The van der Waals surface area contributed by atoms with Crippen molar-refractivity contribution in [1.29, 1.82) is 0 Å². The van der Waals surface area contributed by atoms with E-state index in [0.29, 0.717) is 23.7 Å². The predicted octanol–water partition coefficient (Wildman–Crippen LogP) is 3.43. The zero-order valence-corrected chi connectivity index (χ0v) is 14.2. The first-order valence-corrected chi connectivity index (χ1v) is 7.72. The quantitative estimate of drug-likeness (QED) is 0.568. The second-order valence-corrected chi connectivity index (χ2v) is 5.75. The lowest BCUT2D eigenvalue weighted by molar-refractivity contribution is 0.111. The molecule has 1 saturated heterocycles. The van der Waals surface area contributed by atoms with Crippen molar-refractivity contribution in [2.75, 3.05) is 33.4 Å². The molecule has 4 nitrogen and oxygen atoms in total. The van der Waals surface area contributed by atoms with E-state index in [-0.39, 0.29) is 12.4 Å². The normalized spacial score (nSPS) is 18.4. The van der Waals surface area contributed by atoms with Crippen molar-refractivity contribution in [2.45, 2.75) is 26.2 Å². The summed E-state index contributed by atoms with van der Waals surface area (Å²) in [4.78, 5) is 13.6. The maximum atomic E-state index is 11.1. The molecule has 0 N–H and O–H groups in total. The van der Waals surface area contributed by atoms with Gasteiger partial charge >= 0.3 is 0 Å². The van der Waals surface area contributed by atoms with E-state index in [1.165, 1.54) is 25.9 Å². The van der Waals surface area contributed by atoms with E-state index in [0.717, 1.165) is 25.2 Å². The van der Waals surface area contributed by atoms with E-state index in [1.54, 1.807) is 19.2 Å². The average molecular weight is 328 g/mol. The van der Waals surface area contributed by atoms with Crippen LogP contribution in [0.3, 0.4) is 0 Å². The number of likely N-dealkylation sites (tertiary alicyclic amines) is 1. The molecule has 0 spiro atoms. The van der Waals surface area contributed by atoms with E-state index in [2.05, 4.69) is 11.8 Å². The summed E-state index contributed by atoms with van der Waals surface area (Å²) in [5.74, 6) is 1.98. The van der Waals surface area contributed by atoms with Gasteiger partial charge < -0.3 is 14.4 Å². The smallest absolute Gasteiger partial charge is 0.171 e. The Morgan fingerprint density at radius 1 is 1.41 bits per heavy atom. The van der Waals surface area contributed by atoms with Gasteiger partial charge in [0, 0.05) is 13.1 Å². The lowest BCUT2D eigenvalue weighted by Crippen LogP contribution is -2.35. The minimum Gasteiger partial charge on any atom is -0.493 e. The Bertz CT molecular complexity index is 467. The van der Waals surface area contributed by atoms with E-state index in [9.17, 15) is 4.79 Å². The van der Waals surface area contributed by atoms with Crippen LogP contribution in [0.5, 0.6) is 11.5 Å². The number of halogens is 1. The van der Waals surface area contributed by atoms with Crippen molar-refractivity contribution in [3.05, 3.63) is 23.8 Å². The Hall–Kier alpha value is -1.26. The maximum Gasteiger partial charge on any atom is 0.171 e. The summed E-state index contributed by atoms with van der Waals surface area (Å²) in [6.07, 6.45) is 4.41. The molecule has 0 aliphatic carbocycles. The van der Waals surface area contributed by atoms with E-state index >= 15 is 0 Å². The molecular weight excluding hydrogens is 302 g/mol. The van der Waals surface area contributed by atoms with Crippen molar-refractivity contribution in [2.24, 2.45) is 5.92 Å². The van der Waals surface area contributed by atoms with Crippen LogP contribution < -0.4 is 9.47 Å². The van der Waals surface area contributed by atoms with Crippen LogP contribution in [0.25, 0.3) is 0 Å². The van der Waals surface area contributed by atoms with Crippen molar-refractivity contribution >= 4 is 18.7 Å². The van der Waals surface area contributed by atoms with Gasteiger partial charge in [-0.05, 0) is 43.9 Å². The van der Waals surface area contributed by atoms with Crippen LogP contribution in [-0.2, 0) is 0 Å². The molecule has 124 valence electrons. The van der Waals surface area contributed by atoms with Gasteiger partial charge in [0.15, 0.2) is 17.8 Å². The lowest BCUT2D eigenvalue weighted by Gasteiger charge is -2.30. The van der Waals surface area contributed by atoms with Gasteiger partial charge in [-0.25, -0.2) is 0 Å². The molecule has 0 amide bonds. The number of hydrogen-bond acceptors (Lipinski definition) is 4. The van der Waals surface area contributed by atoms with E-state index in [4.69, 9.17) is 9.47 Å². The van der Waals surface area contributed by atoms with Crippen molar-refractivity contribution < 1.29 is 14.3 Å². The van der Waals surface area contributed by atoms with Gasteiger partial charge in [0.25, 0.3) is 0 Å². The van der Waals surface area contributed by atoms with Gasteiger partial charge in [0.1, 0.15) is 0 Å². The summed E-state index contributed by atoms with van der Waals surface area (Å²) in [7, 11) is 1.59. The number of benzene rings is 1. The summed E-state index contributed by atoms with van der Waals surface area (Å²) >= 11 is 0. The molecule has 1 atom stereocenters. The van der Waals surface area contributed by atoms with Crippen LogP contribution >= 0.6 is 12.4 Å². The second kappa shape index (κ2) is 9.70. The highest BCUT2D eigenvalue weighted by molar-refractivity contribution is 5.85. The third-order valence-corrected chi connectivity index (χ3v) is 3.96. The van der Waals surface area contributed by atoms with Crippen LogP contribution in [0, 0.1) is 5.92 Å². The molecule has 5 heteroatoms. The van der Waals surface area contributed by atoms with Gasteiger partial charge in [-0.15, -0.1) is 12.4 Å². The molecule has 1 heterocycles. The van der Waals surface area contributed by atoms with Gasteiger partial charge in [-0.2, -0.15) is 0 Å². The molecule has 0 bridgehead atoms. The highest BCUT2D eigenvalue weighted by Crippen LogP contribution is 2.30. The molecule has 22 heavy (non-hydrogen) atoms. The predicted molar refractivity (Wildman–Crippen MR) is 90.6 cm³/mol. The van der Waals surface area contributed by atoms with Gasteiger partial charge in [-0.3, -0.25) is 4.79 Å². The number of nitrogens with zero attached hydrogens (tertiary/aromatic N) is 1. The van der Waals surface area contributed by atoms with Crippen molar-refractivity contribution in [1.82, 2.24) is 4.90 Å². The van der Waals surface area contributed by atoms with Gasteiger partial charge in [0.05, 0.1) is 19.3 Å². The molecule has 2 rings (SSSR count). The van der Waals surface area contributed by atoms with E-state index in [1.807, 2.05) is 6.07 Å². The summed E-state index contributed by atoms with van der Waals surface area (Å²) in [6, 6.07) is 5.36. The molecule has 1 aliphatic rings. The number of aldehydes is 1. The molecule has 1 unspecified atom stereocenters. The first-order chi connectivity index (χ1) is 10.2. The summed E-state index contributed by atoms with van der Waals surface area (Å²) < 4.78 is 11.0. The lowest BCUT2D eigenvalue weighted by atomic mass is 10.0. The second-order valence-electron chi connectivity index (χ2n) is 5.75. The number of piperidine rings is 1. The maximum absolute atomic E-state index is 11.1. The first-order valence-electron chi connectivity index (χ1n) is 7.72. The number of carbonyl (C=O) groups is 1. The average Bonchev–Trinajstić information content (AvgIpc) is 2.51. The summed E-state index contributed by atoms with van der Waals surface area (Å²) in [6.45, 7) is 6.35. The van der Waals surface area contributed by atoms with Crippen LogP contribution in [0.15, 0.2) is 18.2 Å². The number of carbonyl (C=O) groups excluding carboxylic acids is 1. The van der Waals surface area contributed by atoms with Crippen LogP contribution in [0.4, 0.5) is 0 Å². The number of ether oxygens (including phenoxy) is 2. The zero-order valence-electron chi connectivity index (χ0n) is 13.4. The monoisotopic (exact) mass is 327 g/mol. The van der Waals surface area contributed by atoms with Gasteiger partial charge in [-0.1, -0.05) is 13.0 Å². The fourth-order valence-corrected chi connectivity index (χ4v) is 2.89. The Morgan fingerprint density at radius 2 is 2.23 bits per heavy atom. The molecule has 0 radical (unpaired) electrons. The number of hydrogen-bond donors (Lipinski definition) is 0.